The molecule has 1 heterocycles. The summed E-state index contributed by atoms with van der Waals surface area (Å²) >= 11 is 4.23. The molecule has 0 radical (unpaired) electrons. The van der Waals surface area contributed by atoms with Gasteiger partial charge in [-0.05, 0) is 30.6 Å². The van der Waals surface area contributed by atoms with E-state index in [0.717, 1.165) is 36.0 Å². The number of nitro groups is 1. The fraction of sp³-hybridized carbons (Fsp3) is 0.462. The van der Waals surface area contributed by atoms with Crippen LogP contribution in [-0.4, -0.2) is 20.5 Å². The Morgan fingerprint density at radius 3 is 2.95 bits per heavy atom. The van der Waals surface area contributed by atoms with Crippen LogP contribution in [0.2, 0.25) is 0 Å². The Morgan fingerprint density at radius 2 is 2.26 bits per heavy atom. The summed E-state index contributed by atoms with van der Waals surface area (Å²) in [5.41, 5.74) is 0.935. The van der Waals surface area contributed by atoms with E-state index in [1.165, 1.54) is 6.07 Å². The molecule has 0 saturated heterocycles. The van der Waals surface area contributed by atoms with Crippen LogP contribution in [0.1, 0.15) is 19.8 Å². The Balaban J connectivity index is 2.18. The number of benzene rings is 1. The van der Waals surface area contributed by atoms with Crippen LogP contribution in [0.15, 0.2) is 24.4 Å². The lowest BCUT2D eigenvalue weighted by Crippen LogP contribution is -2.05. The van der Waals surface area contributed by atoms with E-state index in [0.29, 0.717) is 5.92 Å². The van der Waals surface area contributed by atoms with Gasteiger partial charge in [-0.1, -0.05) is 6.92 Å². The number of thiol groups is 1. The van der Waals surface area contributed by atoms with Crippen LogP contribution < -0.4 is 0 Å². The zero-order valence-corrected chi connectivity index (χ0v) is 11.7. The first-order valence-electron chi connectivity index (χ1n) is 6.32. The van der Waals surface area contributed by atoms with Gasteiger partial charge in [-0.15, -0.1) is 0 Å². The van der Waals surface area contributed by atoms with Gasteiger partial charge in [0.2, 0.25) is 0 Å². The molecule has 102 valence electrons. The van der Waals surface area contributed by atoms with Crippen molar-refractivity contribution in [3.05, 3.63) is 34.5 Å². The Hall–Kier alpha value is -1.56. The van der Waals surface area contributed by atoms with Crippen molar-refractivity contribution in [2.45, 2.75) is 26.3 Å². The lowest BCUT2D eigenvalue weighted by molar-refractivity contribution is -0.384. The van der Waals surface area contributed by atoms with Gasteiger partial charge in [-0.3, -0.25) is 14.8 Å². The van der Waals surface area contributed by atoms with Gasteiger partial charge in [0.25, 0.3) is 5.69 Å². The predicted molar refractivity (Wildman–Crippen MR) is 78.6 cm³/mol. The second kappa shape index (κ2) is 6.06. The molecule has 5 nitrogen and oxygen atoms in total. The number of fused-ring (bicyclic) bond motifs is 1. The molecule has 0 amide bonds. The molecular formula is C13H17N3O2S. The molecule has 1 aromatic heterocycles. The molecule has 2 aromatic rings. The third kappa shape index (κ3) is 3.26. The second-order valence-electron chi connectivity index (χ2n) is 4.77. The van der Waals surface area contributed by atoms with E-state index in [1.807, 2.05) is 4.68 Å². The van der Waals surface area contributed by atoms with Crippen molar-refractivity contribution >= 4 is 29.2 Å². The lowest BCUT2D eigenvalue weighted by Gasteiger charge is -2.10. The fourth-order valence-electron chi connectivity index (χ4n) is 2.06. The number of non-ortho nitro benzene ring substituents is 1. The highest BCUT2D eigenvalue weighted by Crippen LogP contribution is 2.21. The average molecular weight is 279 g/mol. The summed E-state index contributed by atoms with van der Waals surface area (Å²) in [6, 6.07) is 4.84. The lowest BCUT2D eigenvalue weighted by atomic mass is 10.1. The SMILES string of the molecule is CC(CCS)CCn1ncc2ccc([N+](=O)[O-])cc21. The topological polar surface area (TPSA) is 61.0 Å². The van der Waals surface area contributed by atoms with E-state index in [-0.39, 0.29) is 10.6 Å². The fourth-order valence-corrected chi connectivity index (χ4v) is 2.50. The summed E-state index contributed by atoms with van der Waals surface area (Å²) in [7, 11) is 0. The van der Waals surface area contributed by atoms with Crippen LogP contribution in [0.5, 0.6) is 0 Å². The van der Waals surface area contributed by atoms with Crippen molar-refractivity contribution in [1.29, 1.82) is 0 Å². The molecule has 6 heteroatoms. The highest BCUT2D eigenvalue weighted by Gasteiger charge is 2.10. The van der Waals surface area contributed by atoms with Crippen LogP contribution >= 0.6 is 12.6 Å². The maximum atomic E-state index is 10.8. The molecule has 0 aliphatic heterocycles. The number of hydrogen-bond donors (Lipinski definition) is 1. The average Bonchev–Trinajstić information content (AvgIpc) is 2.79. The van der Waals surface area contributed by atoms with E-state index in [2.05, 4.69) is 24.7 Å². The Labute approximate surface area is 117 Å². The maximum absolute atomic E-state index is 10.8. The molecule has 0 spiro atoms. The van der Waals surface area contributed by atoms with Crippen LogP contribution in [0.25, 0.3) is 10.9 Å². The van der Waals surface area contributed by atoms with Gasteiger partial charge in [-0.25, -0.2) is 0 Å². The highest BCUT2D eigenvalue weighted by molar-refractivity contribution is 7.80. The summed E-state index contributed by atoms with van der Waals surface area (Å²) in [4.78, 5) is 10.4. The predicted octanol–water partition coefficient (Wildman–Crippen LogP) is 3.29. The van der Waals surface area contributed by atoms with Crippen molar-refractivity contribution in [2.24, 2.45) is 5.92 Å². The van der Waals surface area contributed by atoms with Gasteiger partial charge >= 0.3 is 0 Å². The van der Waals surface area contributed by atoms with Crippen LogP contribution in [0.4, 0.5) is 5.69 Å². The van der Waals surface area contributed by atoms with Crippen molar-refractivity contribution in [2.75, 3.05) is 5.75 Å². The number of aryl methyl sites for hydroxylation is 1. The summed E-state index contributed by atoms with van der Waals surface area (Å²) in [6.07, 6.45) is 3.82. The van der Waals surface area contributed by atoms with Crippen molar-refractivity contribution < 1.29 is 4.92 Å². The van der Waals surface area contributed by atoms with E-state index < -0.39 is 0 Å². The Morgan fingerprint density at radius 1 is 1.47 bits per heavy atom. The Bertz CT molecular complexity index is 582. The van der Waals surface area contributed by atoms with Gasteiger partial charge < -0.3 is 0 Å². The third-order valence-electron chi connectivity index (χ3n) is 3.29. The van der Waals surface area contributed by atoms with Gasteiger partial charge in [0.15, 0.2) is 0 Å². The van der Waals surface area contributed by atoms with Crippen molar-refractivity contribution in [1.82, 2.24) is 9.78 Å². The van der Waals surface area contributed by atoms with E-state index in [9.17, 15) is 10.1 Å². The zero-order valence-electron chi connectivity index (χ0n) is 10.8. The molecule has 0 fully saturated rings. The molecular weight excluding hydrogens is 262 g/mol. The monoisotopic (exact) mass is 279 g/mol. The number of rotatable bonds is 6. The van der Waals surface area contributed by atoms with E-state index in [1.54, 1.807) is 18.3 Å². The molecule has 1 unspecified atom stereocenters. The van der Waals surface area contributed by atoms with Crippen molar-refractivity contribution in [3.63, 3.8) is 0 Å². The molecule has 0 bridgehead atoms. The van der Waals surface area contributed by atoms with Gasteiger partial charge in [0, 0.05) is 24.1 Å². The minimum atomic E-state index is -0.375. The summed E-state index contributed by atoms with van der Waals surface area (Å²) in [5, 5.41) is 16.0. The van der Waals surface area contributed by atoms with Crippen LogP contribution in [0, 0.1) is 16.0 Å². The summed E-state index contributed by atoms with van der Waals surface area (Å²) in [6.45, 7) is 2.96. The molecule has 2 rings (SSSR count). The standard InChI is InChI=1S/C13H17N3O2S/c1-10(5-7-19)4-6-15-13-8-12(16(17)18)3-2-11(13)9-14-15/h2-3,8-10,19H,4-7H2,1H3. The molecule has 1 atom stereocenters. The second-order valence-corrected chi connectivity index (χ2v) is 5.22. The first-order valence-corrected chi connectivity index (χ1v) is 6.96. The van der Waals surface area contributed by atoms with Gasteiger partial charge in [0.05, 0.1) is 16.6 Å². The molecule has 0 saturated carbocycles. The quantitative estimate of drug-likeness (QED) is 0.501. The minimum absolute atomic E-state index is 0.109. The third-order valence-corrected chi connectivity index (χ3v) is 3.55. The number of hydrogen-bond acceptors (Lipinski definition) is 4. The normalized spacial score (nSPS) is 12.7. The molecule has 0 aliphatic rings. The smallest absolute Gasteiger partial charge is 0.265 e. The summed E-state index contributed by atoms with van der Waals surface area (Å²) < 4.78 is 1.84. The molecule has 0 aliphatic carbocycles. The minimum Gasteiger partial charge on any atom is -0.265 e. The number of nitro benzene ring substituents is 1. The Kier molecular flexibility index (Phi) is 4.42. The maximum Gasteiger partial charge on any atom is 0.271 e. The van der Waals surface area contributed by atoms with Gasteiger partial charge in [0.1, 0.15) is 0 Å². The van der Waals surface area contributed by atoms with E-state index in [4.69, 9.17) is 0 Å². The molecule has 1 aromatic carbocycles. The van der Waals surface area contributed by atoms with Gasteiger partial charge in [-0.2, -0.15) is 17.7 Å². The first-order chi connectivity index (χ1) is 9.11. The number of nitrogens with zero attached hydrogens (tertiary/aromatic N) is 3. The highest BCUT2D eigenvalue weighted by atomic mass is 32.1. The van der Waals surface area contributed by atoms with Crippen molar-refractivity contribution in [3.8, 4) is 0 Å². The summed E-state index contributed by atoms with van der Waals surface area (Å²) in [5.74, 6) is 1.46. The molecule has 0 N–H and O–H groups in total. The largest absolute Gasteiger partial charge is 0.271 e. The number of aromatic nitrogens is 2. The zero-order chi connectivity index (χ0) is 13.8. The first kappa shape index (κ1) is 13.9. The van der Waals surface area contributed by atoms with Crippen LogP contribution in [-0.2, 0) is 6.54 Å². The van der Waals surface area contributed by atoms with E-state index >= 15 is 0 Å². The van der Waals surface area contributed by atoms with Crippen LogP contribution in [0.3, 0.4) is 0 Å². The molecule has 19 heavy (non-hydrogen) atoms.